The first kappa shape index (κ1) is 9.58. The first-order valence-corrected chi connectivity index (χ1v) is 5.19. The molecule has 1 aliphatic heterocycles. The van der Waals surface area contributed by atoms with Gasteiger partial charge < -0.3 is 5.11 Å². The highest BCUT2D eigenvalue weighted by Crippen LogP contribution is 2.25. The highest BCUT2D eigenvalue weighted by molar-refractivity contribution is 7.99. The molecule has 0 radical (unpaired) electrons. The molecular weight excluding hydrogens is 176 g/mol. The zero-order valence-electron chi connectivity index (χ0n) is 6.78. The van der Waals surface area contributed by atoms with E-state index < -0.39 is 11.8 Å². The van der Waals surface area contributed by atoms with Crippen molar-refractivity contribution in [1.29, 1.82) is 0 Å². The lowest BCUT2D eigenvalue weighted by atomic mass is 9.99. The van der Waals surface area contributed by atoms with Crippen LogP contribution in [0, 0.1) is 5.92 Å². The van der Waals surface area contributed by atoms with Crippen LogP contribution in [-0.4, -0.2) is 28.4 Å². The van der Waals surface area contributed by atoms with Crippen LogP contribution < -0.4 is 0 Å². The van der Waals surface area contributed by atoms with Gasteiger partial charge in [0.1, 0.15) is 0 Å². The van der Waals surface area contributed by atoms with E-state index in [2.05, 4.69) is 0 Å². The summed E-state index contributed by atoms with van der Waals surface area (Å²) in [6.07, 6.45) is 2.34. The molecule has 0 aromatic carbocycles. The first-order chi connectivity index (χ1) is 5.70. The zero-order valence-corrected chi connectivity index (χ0v) is 7.60. The second-order valence-corrected chi connectivity index (χ2v) is 4.17. The molecule has 0 spiro atoms. The number of Topliss-reactive ketones (excluding diaryl/α,β-unsaturated/α-hetero) is 1. The second-order valence-electron chi connectivity index (χ2n) is 3.02. The van der Waals surface area contributed by atoms with Gasteiger partial charge in [0.05, 0.1) is 0 Å². The molecule has 0 bridgehead atoms. The Morgan fingerprint density at radius 1 is 1.50 bits per heavy atom. The summed E-state index contributed by atoms with van der Waals surface area (Å²) in [6, 6.07) is 0. The average molecular weight is 188 g/mol. The second kappa shape index (κ2) is 4.50. The number of hydrogen-bond acceptors (Lipinski definition) is 3. The predicted molar refractivity (Wildman–Crippen MR) is 47.3 cm³/mol. The van der Waals surface area contributed by atoms with Crippen LogP contribution in [0.5, 0.6) is 0 Å². The third-order valence-corrected chi connectivity index (χ3v) is 3.25. The van der Waals surface area contributed by atoms with E-state index in [-0.39, 0.29) is 6.42 Å². The molecule has 1 N–H and O–H groups in total. The van der Waals surface area contributed by atoms with Crippen molar-refractivity contribution < 1.29 is 14.7 Å². The molecule has 1 heterocycles. The van der Waals surface area contributed by atoms with Crippen LogP contribution >= 0.6 is 11.8 Å². The Hall–Kier alpha value is -0.510. The molecule has 0 amide bonds. The molecule has 12 heavy (non-hydrogen) atoms. The number of rotatable bonds is 3. The molecule has 1 aliphatic rings. The van der Waals surface area contributed by atoms with E-state index in [1.807, 2.05) is 11.8 Å². The molecule has 68 valence electrons. The summed E-state index contributed by atoms with van der Waals surface area (Å²) in [4.78, 5) is 21.0. The van der Waals surface area contributed by atoms with Crippen molar-refractivity contribution in [2.75, 3.05) is 11.5 Å². The van der Waals surface area contributed by atoms with Gasteiger partial charge in [-0.15, -0.1) is 0 Å². The van der Waals surface area contributed by atoms with Crippen LogP contribution in [-0.2, 0) is 9.59 Å². The molecule has 1 saturated heterocycles. The van der Waals surface area contributed by atoms with Crippen LogP contribution in [0.15, 0.2) is 0 Å². The molecule has 0 aromatic rings. The molecule has 1 rings (SSSR count). The molecule has 0 saturated carbocycles. The van der Waals surface area contributed by atoms with E-state index in [1.165, 1.54) is 0 Å². The van der Waals surface area contributed by atoms with Crippen LogP contribution in [0.25, 0.3) is 0 Å². The number of aliphatic carboxylic acids is 1. The van der Waals surface area contributed by atoms with Gasteiger partial charge in [0.2, 0.25) is 5.78 Å². The number of carboxylic acid groups (broad SMARTS) is 1. The third kappa shape index (κ3) is 2.85. The minimum atomic E-state index is -1.29. The quantitative estimate of drug-likeness (QED) is 0.675. The van der Waals surface area contributed by atoms with Gasteiger partial charge in [-0.1, -0.05) is 0 Å². The fraction of sp³-hybridized carbons (Fsp3) is 0.750. The SMILES string of the molecule is O=C(O)C(=O)CC1CCCSC1. The minimum absolute atomic E-state index is 0.225. The van der Waals surface area contributed by atoms with E-state index in [0.717, 1.165) is 24.3 Å². The average Bonchev–Trinajstić information content (AvgIpc) is 2.06. The van der Waals surface area contributed by atoms with E-state index in [4.69, 9.17) is 5.11 Å². The maximum Gasteiger partial charge on any atom is 0.372 e. The van der Waals surface area contributed by atoms with Crippen LogP contribution in [0.2, 0.25) is 0 Å². The molecule has 1 unspecified atom stereocenters. The Morgan fingerprint density at radius 2 is 2.25 bits per heavy atom. The summed E-state index contributed by atoms with van der Waals surface area (Å²) in [5.74, 6) is 0.469. The standard InChI is InChI=1S/C8H12O3S/c9-7(8(10)11)4-6-2-1-3-12-5-6/h6H,1-5H2,(H,10,11). The molecule has 1 fully saturated rings. The Bertz CT molecular complexity index is 185. The summed E-state index contributed by atoms with van der Waals surface area (Å²) < 4.78 is 0. The van der Waals surface area contributed by atoms with E-state index in [1.54, 1.807) is 0 Å². The number of carbonyl (C=O) groups excluding carboxylic acids is 1. The van der Waals surface area contributed by atoms with Gasteiger partial charge >= 0.3 is 5.97 Å². The number of carbonyl (C=O) groups is 2. The summed E-state index contributed by atoms with van der Waals surface area (Å²) in [6.45, 7) is 0. The lowest BCUT2D eigenvalue weighted by molar-refractivity contribution is -0.149. The van der Waals surface area contributed by atoms with Crippen molar-refractivity contribution in [3.8, 4) is 0 Å². The number of thioether (sulfide) groups is 1. The van der Waals surface area contributed by atoms with Crippen molar-refractivity contribution in [2.45, 2.75) is 19.3 Å². The van der Waals surface area contributed by atoms with Crippen molar-refractivity contribution in [3.63, 3.8) is 0 Å². The minimum Gasteiger partial charge on any atom is -0.476 e. The maximum absolute atomic E-state index is 10.8. The molecule has 4 heteroatoms. The van der Waals surface area contributed by atoms with E-state index >= 15 is 0 Å². The third-order valence-electron chi connectivity index (χ3n) is 1.97. The van der Waals surface area contributed by atoms with Gasteiger partial charge in [0, 0.05) is 6.42 Å². The molecule has 0 aliphatic carbocycles. The highest BCUT2D eigenvalue weighted by Gasteiger charge is 2.20. The molecule has 1 atom stereocenters. The first-order valence-electron chi connectivity index (χ1n) is 4.04. The number of ketones is 1. The summed E-state index contributed by atoms with van der Waals surface area (Å²) >= 11 is 1.81. The summed E-state index contributed by atoms with van der Waals surface area (Å²) in [5, 5.41) is 8.36. The van der Waals surface area contributed by atoms with Gasteiger partial charge in [-0.25, -0.2) is 4.79 Å². The number of carboxylic acids is 1. The molecule has 0 aromatic heterocycles. The topological polar surface area (TPSA) is 54.4 Å². The van der Waals surface area contributed by atoms with Crippen LogP contribution in [0.3, 0.4) is 0 Å². The fourth-order valence-corrected chi connectivity index (χ4v) is 2.47. The summed E-state index contributed by atoms with van der Waals surface area (Å²) in [7, 11) is 0. The number of hydrogen-bond donors (Lipinski definition) is 1. The smallest absolute Gasteiger partial charge is 0.372 e. The van der Waals surface area contributed by atoms with Crippen molar-refractivity contribution in [2.24, 2.45) is 5.92 Å². The van der Waals surface area contributed by atoms with E-state index in [0.29, 0.717) is 5.92 Å². The molecule has 3 nitrogen and oxygen atoms in total. The van der Waals surface area contributed by atoms with Crippen LogP contribution in [0.1, 0.15) is 19.3 Å². The van der Waals surface area contributed by atoms with Crippen molar-refractivity contribution >= 4 is 23.5 Å². The largest absolute Gasteiger partial charge is 0.476 e. The van der Waals surface area contributed by atoms with Crippen molar-refractivity contribution in [1.82, 2.24) is 0 Å². The summed E-state index contributed by atoms with van der Waals surface area (Å²) in [5.41, 5.74) is 0. The Labute approximate surface area is 75.5 Å². The Morgan fingerprint density at radius 3 is 2.75 bits per heavy atom. The zero-order chi connectivity index (χ0) is 8.97. The van der Waals surface area contributed by atoms with Gasteiger partial charge in [0.15, 0.2) is 0 Å². The predicted octanol–water partition coefficient (Wildman–Crippen LogP) is 1.17. The maximum atomic E-state index is 10.8. The van der Waals surface area contributed by atoms with Gasteiger partial charge in [-0.2, -0.15) is 11.8 Å². The van der Waals surface area contributed by atoms with Gasteiger partial charge in [0.25, 0.3) is 0 Å². The normalized spacial score (nSPS) is 23.5. The highest BCUT2D eigenvalue weighted by atomic mass is 32.2. The Kier molecular flexibility index (Phi) is 3.59. The van der Waals surface area contributed by atoms with Crippen LogP contribution in [0.4, 0.5) is 0 Å². The monoisotopic (exact) mass is 188 g/mol. The lowest BCUT2D eigenvalue weighted by Crippen LogP contribution is -2.20. The van der Waals surface area contributed by atoms with Gasteiger partial charge in [-0.05, 0) is 30.3 Å². The Balaban J connectivity index is 2.29. The van der Waals surface area contributed by atoms with Crippen molar-refractivity contribution in [3.05, 3.63) is 0 Å². The van der Waals surface area contributed by atoms with E-state index in [9.17, 15) is 9.59 Å². The lowest BCUT2D eigenvalue weighted by Gasteiger charge is -2.19. The fourth-order valence-electron chi connectivity index (χ4n) is 1.32. The molecular formula is C8H12O3S. The van der Waals surface area contributed by atoms with Gasteiger partial charge in [-0.3, -0.25) is 4.79 Å².